The Balaban J connectivity index is 1.62. The molecule has 4 aromatic rings. The highest BCUT2D eigenvalue weighted by Crippen LogP contribution is 2.17. The van der Waals surface area contributed by atoms with Crippen LogP contribution in [0.1, 0.15) is 10.4 Å². The molecule has 0 saturated heterocycles. The lowest BCUT2D eigenvalue weighted by Gasteiger charge is -2.09. The van der Waals surface area contributed by atoms with Gasteiger partial charge in [0.15, 0.2) is 0 Å². The summed E-state index contributed by atoms with van der Waals surface area (Å²) in [6.07, 6.45) is 1.49. The Labute approximate surface area is 159 Å². The molecule has 0 fully saturated rings. The Morgan fingerprint density at radius 2 is 1.74 bits per heavy atom. The normalized spacial score (nSPS) is 10.7. The van der Waals surface area contributed by atoms with Crippen molar-refractivity contribution >= 4 is 34.1 Å². The van der Waals surface area contributed by atoms with Crippen molar-refractivity contribution in [2.75, 3.05) is 5.32 Å². The second-order valence-corrected chi connectivity index (χ2v) is 6.38. The third-order valence-electron chi connectivity index (χ3n) is 4.16. The van der Waals surface area contributed by atoms with Crippen molar-refractivity contribution in [2.24, 2.45) is 0 Å². The van der Waals surface area contributed by atoms with E-state index in [1.165, 1.54) is 10.9 Å². The fraction of sp³-hybridized carbons (Fsp3) is 0. The summed E-state index contributed by atoms with van der Waals surface area (Å²) in [5.41, 5.74) is 2.22. The summed E-state index contributed by atoms with van der Waals surface area (Å²) >= 11 is 5.93. The molecule has 0 unspecified atom stereocenters. The van der Waals surface area contributed by atoms with Gasteiger partial charge in [-0.2, -0.15) is 0 Å². The van der Waals surface area contributed by atoms with Gasteiger partial charge in [0, 0.05) is 16.3 Å². The van der Waals surface area contributed by atoms with Gasteiger partial charge in [-0.1, -0.05) is 29.8 Å². The van der Waals surface area contributed by atoms with Crippen LogP contribution in [-0.2, 0) is 0 Å². The monoisotopic (exact) mass is 375 g/mol. The number of hydrogen-bond acceptors (Lipinski definition) is 3. The van der Waals surface area contributed by atoms with Crippen molar-refractivity contribution in [1.29, 1.82) is 0 Å². The number of nitrogens with one attached hydrogen (secondary N) is 1. The molecule has 1 N–H and O–H groups in total. The van der Waals surface area contributed by atoms with E-state index in [4.69, 9.17) is 11.6 Å². The van der Waals surface area contributed by atoms with Crippen molar-refractivity contribution in [3.63, 3.8) is 0 Å². The standard InChI is InChI=1S/C21H14ClN3O2/c22-15-4-3-5-16(12-15)24-20(26)14-8-10-17(11-9-14)25-13-23-19-7-2-1-6-18(19)21(25)27/h1-13H,(H,24,26). The molecule has 4 rings (SSSR count). The lowest BCUT2D eigenvalue weighted by molar-refractivity contribution is 0.102. The number of nitrogens with zero attached hydrogens (tertiary/aromatic N) is 2. The molecule has 0 atom stereocenters. The summed E-state index contributed by atoms with van der Waals surface area (Å²) in [4.78, 5) is 29.3. The van der Waals surface area contributed by atoms with Crippen LogP contribution in [0, 0.1) is 0 Å². The molecule has 0 radical (unpaired) electrons. The van der Waals surface area contributed by atoms with Gasteiger partial charge in [0.25, 0.3) is 11.5 Å². The highest BCUT2D eigenvalue weighted by Gasteiger charge is 2.09. The number of aromatic nitrogens is 2. The first-order valence-electron chi connectivity index (χ1n) is 8.25. The maximum absolute atomic E-state index is 12.7. The fourth-order valence-electron chi connectivity index (χ4n) is 2.80. The third-order valence-corrected chi connectivity index (χ3v) is 4.39. The van der Waals surface area contributed by atoms with Crippen LogP contribution < -0.4 is 10.9 Å². The number of carbonyl (C=O) groups is 1. The number of benzene rings is 3. The Bertz CT molecular complexity index is 1200. The minimum Gasteiger partial charge on any atom is -0.322 e. The predicted molar refractivity (Wildman–Crippen MR) is 107 cm³/mol. The van der Waals surface area contributed by atoms with Crippen molar-refractivity contribution < 1.29 is 4.79 Å². The average molecular weight is 376 g/mol. The van der Waals surface area contributed by atoms with Crippen LogP contribution in [-0.4, -0.2) is 15.5 Å². The summed E-state index contributed by atoms with van der Waals surface area (Å²) in [5.74, 6) is -0.257. The van der Waals surface area contributed by atoms with Crippen LogP contribution >= 0.6 is 11.6 Å². The first kappa shape index (κ1) is 17.0. The zero-order valence-electron chi connectivity index (χ0n) is 14.1. The van der Waals surface area contributed by atoms with Gasteiger partial charge >= 0.3 is 0 Å². The first-order valence-corrected chi connectivity index (χ1v) is 8.63. The van der Waals surface area contributed by atoms with E-state index in [0.717, 1.165) is 0 Å². The highest BCUT2D eigenvalue weighted by molar-refractivity contribution is 6.31. The van der Waals surface area contributed by atoms with Gasteiger partial charge in [0.1, 0.15) is 6.33 Å². The van der Waals surface area contributed by atoms with Crippen LogP contribution in [0.25, 0.3) is 16.6 Å². The summed E-state index contributed by atoms with van der Waals surface area (Å²) in [6.45, 7) is 0. The number of fused-ring (bicyclic) bond motifs is 1. The van der Waals surface area contributed by atoms with E-state index in [0.29, 0.717) is 32.9 Å². The highest BCUT2D eigenvalue weighted by atomic mass is 35.5. The number of para-hydroxylation sites is 1. The molecule has 0 aliphatic heterocycles. The zero-order chi connectivity index (χ0) is 18.8. The lowest BCUT2D eigenvalue weighted by atomic mass is 10.2. The minimum atomic E-state index is -0.257. The Hall–Kier alpha value is -3.44. The van der Waals surface area contributed by atoms with Crippen molar-refractivity contribution in [2.45, 2.75) is 0 Å². The second-order valence-electron chi connectivity index (χ2n) is 5.95. The van der Waals surface area contributed by atoms with Crippen LogP contribution in [0.15, 0.2) is 83.9 Å². The molecule has 0 aliphatic rings. The van der Waals surface area contributed by atoms with Crippen LogP contribution in [0.3, 0.4) is 0 Å². The SMILES string of the molecule is O=C(Nc1cccc(Cl)c1)c1ccc(-n2cnc3ccccc3c2=O)cc1. The zero-order valence-corrected chi connectivity index (χ0v) is 14.9. The van der Waals surface area contributed by atoms with E-state index >= 15 is 0 Å². The Morgan fingerprint density at radius 3 is 2.52 bits per heavy atom. The smallest absolute Gasteiger partial charge is 0.265 e. The number of rotatable bonds is 3. The predicted octanol–water partition coefficient (Wildman–Crippen LogP) is 4.29. The molecule has 3 aromatic carbocycles. The number of hydrogen-bond donors (Lipinski definition) is 1. The van der Waals surface area contributed by atoms with Gasteiger partial charge < -0.3 is 5.32 Å². The molecule has 27 heavy (non-hydrogen) atoms. The quantitative estimate of drug-likeness (QED) is 0.581. The fourth-order valence-corrected chi connectivity index (χ4v) is 2.99. The number of amides is 1. The van der Waals surface area contributed by atoms with Crippen molar-refractivity contribution in [3.8, 4) is 5.69 Å². The van der Waals surface area contributed by atoms with Gasteiger partial charge in [0.05, 0.1) is 16.6 Å². The average Bonchev–Trinajstić information content (AvgIpc) is 2.69. The van der Waals surface area contributed by atoms with Gasteiger partial charge in [-0.15, -0.1) is 0 Å². The maximum atomic E-state index is 12.7. The van der Waals surface area contributed by atoms with Crippen molar-refractivity contribution in [3.05, 3.63) is 100 Å². The van der Waals surface area contributed by atoms with E-state index < -0.39 is 0 Å². The van der Waals surface area contributed by atoms with E-state index in [2.05, 4.69) is 10.3 Å². The number of carbonyl (C=O) groups excluding carboxylic acids is 1. The molecule has 0 saturated carbocycles. The maximum Gasteiger partial charge on any atom is 0.265 e. The van der Waals surface area contributed by atoms with Gasteiger partial charge in [0.2, 0.25) is 0 Å². The summed E-state index contributed by atoms with van der Waals surface area (Å²) in [5, 5.41) is 3.88. The molecular weight excluding hydrogens is 362 g/mol. The number of halogens is 1. The van der Waals surface area contributed by atoms with E-state index in [-0.39, 0.29) is 11.5 Å². The molecule has 0 bridgehead atoms. The number of anilines is 1. The summed E-state index contributed by atoms with van der Waals surface area (Å²) in [6, 6.07) is 20.9. The molecule has 1 aromatic heterocycles. The van der Waals surface area contributed by atoms with Crippen molar-refractivity contribution in [1.82, 2.24) is 9.55 Å². The molecule has 0 aliphatic carbocycles. The molecule has 132 valence electrons. The first-order chi connectivity index (χ1) is 13.1. The Morgan fingerprint density at radius 1 is 0.963 bits per heavy atom. The second kappa shape index (κ2) is 7.05. The topological polar surface area (TPSA) is 64.0 Å². The van der Waals surface area contributed by atoms with Crippen LogP contribution in [0.5, 0.6) is 0 Å². The lowest BCUT2D eigenvalue weighted by Crippen LogP contribution is -2.19. The summed E-state index contributed by atoms with van der Waals surface area (Å²) < 4.78 is 1.46. The minimum absolute atomic E-state index is 0.156. The van der Waals surface area contributed by atoms with E-state index in [1.54, 1.807) is 66.7 Å². The van der Waals surface area contributed by atoms with Crippen LogP contribution in [0.4, 0.5) is 5.69 Å². The van der Waals surface area contributed by atoms with E-state index in [9.17, 15) is 9.59 Å². The molecule has 5 nitrogen and oxygen atoms in total. The summed E-state index contributed by atoms with van der Waals surface area (Å²) in [7, 11) is 0. The van der Waals surface area contributed by atoms with E-state index in [1.807, 2.05) is 6.07 Å². The molecule has 6 heteroatoms. The molecule has 0 spiro atoms. The van der Waals surface area contributed by atoms with Gasteiger partial charge in [-0.3, -0.25) is 14.2 Å². The third kappa shape index (κ3) is 3.45. The largest absolute Gasteiger partial charge is 0.322 e. The van der Waals surface area contributed by atoms with Gasteiger partial charge in [-0.05, 0) is 54.6 Å². The molecule has 1 heterocycles. The molecule has 1 amide bonds. The van der Waals surface area contributed by atoms with Crippen LogP contribution in [0.2, 0.25) is 5.02 Å². The molecular formula is C21H14ClN3O2. The Kier molecular flexibility index (Phi) is 4.44. The van der Waals surface area contributed by atoms with Gasteiger partial charge in [-0.25, -0.2) is 4.98 Å².